The van der Waals surface area contributed by atoms with Crippen LogP contribution in [0.15, 0.2) is 12.3 Å². The van der Waals surface area contributed by atoms with Crippen molar-refractivity contribution in [1.82, 2.24) is 19.4 Å². The minimum Gasteiger partial charge on any atom is -0.314 e. The number of hydrogen-bond donors (Lipinski definition) is 2. The van der Waals surface area contributed by atoms with Gasteiger partial charge in [-0.3, -0.25) is 4.72 Å². The molecule has 18 heavy (non-hydrogen) atoms. The van der Waals surface area contributed by atoms with Crippen molar-refractivity contribution in [3.63, 3.8) is 0 Å². The van der Waals surface area contributed by atoms with Gasteiger partial charge in [0.2, 0.25) is 0 Å². The van der Waals surface area contributed by atoms with Crippen molar-refractivity contribution in [2.75, 3.05) is 30.9 Å². The van der Waals surface area contributed by atoms with Crippen LogP contribution in [0.2, 0.25) is 0 Å². The molecule has 102 valence electrons. The Balaban J connectivity index is 2.14. The lowest BCUT2D eigenvalue weighted by Crippen LogP contribution is -2.48. The first kappa shape index (κ1) is 13.3. The molecule has 0 aromatic carbocycles. The Morgan fingerprint density at radius 2 is 2.06 bits per heavy atom. The summed E-state index contributed by atoms with van der Waals surface area (Å²) in [6.45, 7) is 6.26. The van der Waals surface area contributed by atoms with E-state index in [-0.39, 0.29) is 6.04 Å². The highest BCUT2D eigenvalue weighted by molar-refractivity contribution is 7.90. The Hall–Kier alpha value is -1.12. The van der Waals surface area contributed by atoms with Crippen LogP contribution in [0.5, 0.6) is 0 Å². The quantitative estimate of drug-likeness (QED) is 0.811. The second-order valence-corrected chi connectivity index (χ2v) is 6.18. The molecule has 1 saturated heterocycles. The lowest BCUT2D eigenvalue weighted by atomic mass is 10.4. The maximum absolute atomic E-state index is 12.2. The van der Waals surface area contributed by atoms with Crippen LogP contribution in [0, 0.1) is 0 Å². The topological polar surface area (TPSA) is 79.3 Å². The van der Waals surface area contributed by atoms with Gasteiger partial charge in [-0.15, -0.1) is 0 Å². The predicted molar refractivity (Wildman–Crippen MR) is 69.6 cm³/mol. The standard InChI is InChI=1S/C10H19N5O2S/c1-9(2)15-10(3-4-12-15)13-18(16,17)14-7-5-11-6-8-14/h3-4,9,11,13H,5-8H2,1-2H3. The predicted octanol–water partition coefficient (Wildman–Crippen LogP) is 0.0259. The Kier molecular flexibility index (Phi) is 3.88. The Morgan fingerprint density at radius 1 is 1.39 bits per heavy atom. The smallest absolute Gasteiger partial charge is 0.302 e. The lowest BCUT2D eigenvalue weighted by molar-refractivity contribution is 0.362. The van der Waals surface area contributed by atoms with Gasteiger partial charge in [0.15, 0.2) is 0 Å². The van der Waals surface area contributed by atoms with Crippen LogP contribution in [-0.4, -0.2) is 48.7 Å². The van der Waals surface area contributed by atoms with Crippen LogP contribution < -0.4 is 10.0 Å². The van der Waals surface area contributed by atoms with E-state index in [1.807, 2.05) is 13.8 Å². The molecule has 0 bridgehead atoms. The molecule has 2 heterocycles. The third-order valence-corrected chi connectivity index (χ3v) is 4.32. The molecule has 1 aromatic rings. The Bertz CT molecular complexity index is 490. The molecule has 1 aromatic heterocycles. The van der Waals surface area contributed by atoms with E-state index in [4.69, 9.17) is 0 Å². The summed E-state index contributed by atoms with van der Waals surface area (Å²) in [6, 6.07) is 1.78. The SMILES string of the molecule is CC(C)n1nccc1NS(=O)(=O)N1CCNCC1. The maximum Gasteiger partial charge on any atom is 0.302 e. The van der Waals surface area contributed by atoms with Gasteiger partial charge in [-0.2, -0.15) is 17.8 Å². The first-order valence-electron chi connectivity index (χ1n) is 6.03. The van der Waals surface area contributed by atoms with Gasteiger partial charge < -0.3 is 5.32 Å². The zero-order chi connectivity index (χ0) is 13.2. The highest BCUT2D eigenvalue weighted by Crippen LogP contribution is 2.16. The normalized spacial score (nSPS) is 18.2. The third kappa shape index (κ3) is 2.82. The molecule has 0 radical (unpaired) electrons. The second-order valence-electron chi connectivity index (χ2n) is 4.51. The summed E-state index contributed by atoms with van der Waals surface area (Å²) < 4.78 is 30.0. The summed E-state index contributed by atoms with van der Waals surface area (Å²) in [4.78, 5) is 0. The largest absolute Gasteiger partial charge is 0.314 e. The van der Waals surface area contributed by atoms with Crippen LogP contribution in [0.1, 0.15) is 19.9 Å². The monoisotopic (exact) mass is 273 g/mol. The van der Waals surface area contributed by atoms with Gasteiger partial charge in [0.1, 0.15) is 5.82 Å². The van der Waals surface area contributed by atoms with Crippen LogP contribution in [0.4, 0.5) is 5.82 Å². The van der Waals surface area contributed by atoms with E-state index in [0.29, 0.717) is 32.0 Å². The molecule has 2 rings (SSSR count). The average molecular weight is 273 g/mol. The van der Waals surface area contributed by atoms with Crippen LogP contribution >= 0.6 is 0 Å². The summed E-state index contributed by atoms with van der Waals surface area (Å²) in [6.07, 6.45) is 1.59. The van der Waals surface area contributed by atoms with Crippen LogP contribution in [0.25, 0.3) is 0 Å². The van der Waals surface area contributed by atoms with Crippen molar-refractivity contribution in [3.8, 4) is 0 Å². The van der Waals surface area contributed by atoms with E-state index in [9.17, 15) is 8.42 Å². The number of hydrogen-bond acceptors (Lipinski definition) is 4. The highest BCUT2D eigenvalue weighted by atomic mass is 32.2. The minimum absolute atomic E-state index is 0.112. The number of nitrogens with one attached hydrogen (secondary N) is 2. The molecule has 0 unspecified atom stereocenters. The average Bonchev–Trinajstić information content (AvgIpc) is 2.78. The highest BCUT2D eigenvalue weighted by Gasteiger charge is 2.24. The molecule has 2 N–H and O–H groups in total. The van der Waals surface area contributed by atoms with Crippen molar-refractivity contribution in [3.05, 3.63) is 12.3 Å². The number of rotatable bonds is 4. The van der Waals surface area contributed by atoms with Gasteiger partial charge in [-0.25, -0.2) is 4.68 Å². The lowest BCUT2D eigenvalue weighted by Gasteiger charge is -2.27. The third-order valence-electron chi connectivity index (χ3n) is 2.81. The van der Waals surface area contributed by atoms with E-state index in [0.717, 1.165) is 0 Å². The minimum atomic E-state index is -3.48. The first-order valence-corrected chi connectivity index (χ1v) is 7.47. The van der Waals surface area contributed by atoms with E-state index in [2.05, 4.69) is 15.1 Å². The molecule has 0 saturated carbocycles. The second kappa shape index (κ2) is 5.25. The molecular formula is C10H19N5O2S. The number of anilines is 1. The number of aromatic nitrogens is 2. The summed E-state index contributed by atoms with van der Waals surface area (Å²) in [5.74, 6) is 0.503. The molecule has 0 atom stereocenters. The summed E-state index contributed by atoms with van der Waals surface area (Å²) >= 11 is 0. The first-order chi connectivity index (χ1) is 8.50. The molecule has 0 spiro atoms. The summed E-state index contributed by atoms with van der Waals surface area (Å²) in [5, 5.41) is 7.23. The van der Waals surface area contributed by atoms with Gasteiger partial charge >= 0.3 is 10.2 Å². The number of nitrogens with zero attached hydrogens (tertiary/aromatic N) is 3. The molecule has 7 nitrogen and oxygen atoms in total. The maximum atomic E-state index is 12.2. The van der Waals surface area contributed by atoms with Crippen LogP contribution in [-0.2, 0) is 10.2 Å². The fourth-order valence-corrected chi connectivity index (χ4v) is 3.11. The molecule has 0 amide bonds. The van der Waals surface area contributed by atoms with Crippen molar-refractivity contribution < 1.29 is 8.42 Å². The van der Waals surface area contributed by atoms with E-state index in [1.54, 1.807) is 16.9 Å². The molecule has 1 aliphatic rings. The van der Waals surface area contributed by atoms with Crippen molar-refractivity contribution in [2.24, 2.45) is 0 Å². The molecular weight excluding hydrogens is 254 g/mol. The molecule has 0 aliphatic carbocycles. The summed E-state index contributed by atoms with van der Waals surface area (Å²) in [7, 11) is -3.48. The van der Waals surface area contributed by atoms with Crippen LogP contribution in [0.3, 0.4) is 0 Å². The van der Waals surface area contributed by atoms with Gasteiger partial charge in [0.05, 0.1) is 6.20 Å². The number of piperazine rings is 1. The Labute approximate surface area is 107 Å². The molecule has 1 fully saturated rings. The fourth-order valence-electron chi connectivity index (χ4n) is 1.89. The van der Waals surface area contributed by atoms with E-state index >= 15 is 0 Å². The van der Waals surface area contributed by atoms with Crippen molar-refractivity contribution in [1.29, 1.82) is 0 Å². The Morgan fingerprint density at radius 3 is 2.67 bits per heavy atom. The van der Waals surface area contributed by atoms with E-state index < -0.39 is 10.2 Å². The van der Waals surface area contributed by atoms with Gasteiger partial charge in [-0.1, -0.05) is 0 Å². The molecule has 8 heteroatoms. The zero-order valence-corrected chi connectivity index (χ0v) is 11.4. The fraction of sp³-hybridized carbons (Fsp3) is 0.700. The summed E-state index contributed by atoms with van der Waals surface area (Å²) in [5.41, 5.74) is 0. The van der Waals surface area contributed by atoms with E-state index in [1.165, 1.54) is 4.31 Å². The van der Waals surface area contributed by atoms with Gasteiger partial charge in [-0.05, 0) is 13.8 Å². The van der Waals surface area contributed by atoms with Crippen molar-refractivity contribution in [2.45, 2.75) is 19.9 Å². The zero-order valence-electron chi connectivity index (χ0n) is 10.6. The van der Waals surface area contributed by atoms with Crippen molar-refractivity contribution >= 4 is 16.0 Å². The van der Waals surface area contributed by atoms with Gasteiger partial charge in [0.25, 0.3) is 0 Å². The molecule has 1 aliphatic heterocycles. The van der Waals surface area contributed by atoms with Gasteiger partial charge in [0, 0.05) is 38.3 Å².